The van der Waals surface area contributed by atoms with E-state index >= 15 is 0 Å². The summed E-state index contributed by atoms with van der Waals surface area (Å²) in [6.45, 7) is 1.69. The van der Waals surface area contributed by atoms with Gasteiger partial charge in [-0.25, -0.2) is 18.7 Å². The average molecular weight is 565 g/mol. The number of alkyl halides is 2. The number of hydrogen-bond acceptors (Lipinski definition) is 7. The minimum absolute atomic E-state index is 0.0167. The second-order valence-electron chi connectivity index (χ2n) is 6.00. The van der Waals surface area contributed by atoms with Gasteiger partial charge < -0.3 is 14.6 Å². The van der Waals surface area contributed by atoms with Crippen molar-refractivity contribution in [2.24, 2.45) is 0 Å². The zero-order valence-electron chi connectivity index (χ0n) is 15.5. The summed E-state index contributed by atoms with van der Waals surface area (Å²) in [6.07, 6.45) is -2.76. The van der Waals surface area contributed by atoms with Gasteiger partial charge in [0.15, 0.2) is 17.2 Å². The van der Waals surface area contributed by atoms with Crippen LogP contribution in [-0.2, 0) is 0 Å². The third kappa shape index (κ3) is 3.81. The zero-order chi connectivity index (χ0) is 21.4. The number of nitrogens with one attached hydrogen (secondary N) is 1. The third-order valence-electron chi connectivity index (χ3n) is 4.15. The van der Waals surface area contributed by atoms with Crippen LogP contribution in [0.3, 0.4) is 0 Å². The maximum Gasteiger partial charge on any atom is 0.295 e. The summed E-state index contributed by atoms with van der Waals surface area (Å²) in [6, 6.07) is 6.85. The van der Waals surface area contributed by atoms with Gasteiger partial charge in [-0.2, -0.15) is 4.98 Å². The van der Waals surface area contributed by atoms with Crippen LogP contribution in [0.25, 0.3) is 22.6 Å². The molecule has 0 aliphatic rings. The van der Waals surface area contributed by atoms with Gasteiger partial charge in [0.2, 0.25) is 11.7 Å². The number of anilines is 2. The summed E-state index contributed by atoms with van der Waals surface area (Å²) in [4.78, 5) is 12.5. The first-order chi connectivity index (χ1) is 14.4. The number of methoxy groups -OCH3 is 1. The molecule has 3 heterocycles. The second-order valence-corrected chi connectivity index (χ2v) is 8.45. The molecule has 4 aromatic rings. The Morgan fingerprint density at radius 2 is 2.07 bits per heavy atom. The largest absolute Gasteiger partial charge is 0.494 e. The van der Waals surface area contributed by atoms with Crippen LogP contribution in [0.5, 0.6) is 5.75 Å². The first-order valence-electron chi connectivity index (χ1n) is 8.41. The molecule has 0 radical (unpaired) electrons. The second kappa shape index (κ2) is 8.56. The number of imidazole rings is 1. The summed E-state index contributed by atoms with van der Waals surface area (Å²) >= 11 is 8.17. The smallest absolute Gasteiger partial charge is 0.295 e. The van der Waals surface area contributed by atoms with E-state index in [-0.39, 0.29) is 28.5 Å². The predicted molar refractivity (Wildman–Crippen MR) is 120 cm³/mol. The average Bonchev–Trinajstić information content (AvgIpc) is 3.31. The third-order valence-corrected chi connectivity index (χ3v) is 6.40. The Hall–Kier alpha value is -2.11. The number of benzene rings is 1. The fraction of sp³-hybridized carbons (Fsp3) is 0.176. The molecular formula is C17H13ClF2IN6O2P. The van der Waals surface area contributed by atoms with Gasteiger partial charge in [-0.1, -0.05) is 22.8 Å². The number of aromatic nitrogens is 5. The lowest BCUT2D eigenvalue weighted by Crippen LogP contribution is -1.99. The highest BCUT2D eigenvalue weighted by molar-refractivity contribution is 14.2. The van der Waals surface area contributed by atoms with Crippen molar-refractivity contribution in [2.75, 3.05) is 12.4 Å². The normalized spacial score (nSPS) is 11.8. The number of halogens is 4. The lowest BCUT2D eigenvalue weighted by atomic mass is 10.1. The molecule has 3 aromatic heterocycles. The molecule has 1 unspecified atom stereocenters. The van der Waals surface area contributed by atoms with Gasteiger partial charge in [-0.05, 0) is 34.2 Å². The number of fused-ring (bicyclic) bond motifs is 1. The summed E-state index contributed by atoms with van der Waals surface area (Å²) in [5, 5.41) is 7.24. The summed E-state index contributed by atoms with van der Waals surface area (Å²) in [7, 11) is 1.51. The van der Waals surface area contributed by atoms with E-state index in [1.54, 1.807) is 25.1 Å². The molecule has 0 amide bonds. The number of ether oxygens (including phenoxy) is 1. The highest BCUT2D eigenvalue weighted by Crippen LogP contribution is 2.41. The molecule has 0 aliphatic carbocycles. The summed E-state index contributed by atoms with van der Waals surface area (Å²) in [5.41, 5.74) is 2.12. The predicted octanol–water partition coefficient (Wildman–Crippen LogP) is 5.92. The zero-order valence-corrected chi connectivity index (χ0v) is 19.4. The maximum atomic E-state index is 13.5. The van der Waals surface area contributed by atoms with Crippen LogP contribution in [0.2, 0.25) is 5.15 Å². The van der Waals surface area contributed by atoms with Crippen molar-refractivity contribution in [1.29, 1.82) is 0 Å². The van der Waals surface area contributed by atoms with Gasteiger partial charge in [0.25, 0.3) is 6.43 Å². The van der Waals surface area contributed by atoms with E-state index in [1.807, 2.05) is 22.0 Å². The molecule has 1 N–H and O–H groups in total. The fourth-order valence-electron chi connectivity index (χ4n) is 2.94. The number of rotatable bonds is 6. The Labute approximate surface area is 188 Å². The van der Waals surface area contributed by atoms with Crippen LogP contribution in [0.1, 0.15) is 18.1 Å². The van der Waals surface area contributed by atoms with Crippen LogP contribution >= 0.6 is 40.0 Å². The lowest BCUT2D eigenvalue weighted by molar-refractivity contribution is 0.140. The van der Waals surface area contributed by atoms with E-state index in [1.165, 1.54) is 17.5 Å². The number of nitrogens with zero attached hydrogens (tertiary/aromatic N) is 5. The number of aryl methyl sites for hydroxylation is 1. The van der Waals surface area contributed by atoms with Gasteiger partial charge in [0, 0.05) is 13.0 Å². The van der Waals surface area contributed by atoms with Gasteiger partial charge in [0.1, 0.15) is 10.7 Å². The molecule has 0 spiro atoms. The van der Waals surface area contributed by atoms with Crippen molar-refractivity contribution in [3.8, 4) is 17.1 Å². The van der Waals surface area contributed by atoms with E-state index in [2.05, 4.69) is 25.4 Å². The maximum absolute atomic E-state index is 13.5. The number of para-hydroxylation sites is 1. The first-order valence-corrected chi connectivity index (χ1v) is 12.8. The van der Waals surface area contributed by atoms with E-state index < -0.39 is 6.43 Å². The Morgan fingerprint density at radius 1 is 1.27 bits per heavy atom. The molecule has 30 heavy (non-hydrogen) atoms. The van der Waals surface area contributed by atoms with Crippen LogP contribution in [0.4, 0.5) is 20.2 Å². The summed E-state index contributed by atoms with van der Waals surface area (Å²) < 4.78 is 38.9. The minimum Gasteiger partial charge on any atom is -0.494 e. The Kier molecular flexibility index (Phi) is 6.03. The van der Waals surface area contributed by atoms with Crippen molar-refractivity contribution in [1.82, 2.24) is 24.4 Å². The van der Waals surface area contributed by atoms with Crippen molar-refractivity contribution in [3.63, 3.8) is 0 Å². The van der Waals surface area contributed by atoms with E-state index in [0.717, 1.165) is 0 Å². The van der Waals surface area contributed by atoms with Crippen LogP contribution < -0.4 is 10.1 Å². The molecule has 4 rings (SSSR count). The Balaban J connectivity index is 1.85. The molecule has 0 aliphatic heterocycles. The molecule has 0 saturated heterocycles. The monoisotopic (exact) mass is 564 g/mol. The lowest BCUT2D eigenvalue weighted by Gasteiger charge is -2.14. The quantitative estimate of drug-likeness (QED) is 0.177. The minimum atomic E-state index is -2.74. The highest BCUT2D eigenvalue weighted by atomic mass is 127. The van der Waals surface area contributed by atoms with Crippen molar-refractivity contribution < 1.29 is 18.0 Å². The Bertz CT molecular complexity index is 1230. The van der Waals surface area contributed by atoms with Crippen molar-refractivity contribution in [2.45, 2.75) is 13.3 Å². The van der Waals surface area contributed by atoms with Gasteiger partial charge >= 0.3 is 0 Å². The molecule has 1 atom stereocenters. The SMILES string of the molecule is COc1c(Nc2cc(Cl)nc3c2nc(C(F)F)n3PI)cccc1-c1noc(C)n1. The van der Waals surface area contributed by atoms with Crippen LogP contribution in [0, 0.1) is 6.92 Å². The molecule has 0 fully saturated rings. The topological polar surface area (TPSA) is 90.9 Å². The number of hydrogen-bond donors (Lipinski definition) is 1. The Morgan fingerprint density at radius 3 is 2.70 bits per heavy atom. The van der Waals surface area contributed by atoms with Crippen LogP contribution in [0.15, 0.2) is 28.8 Å². The highest BCUT2D eigenvalue weighted by Gasteiger charge is 2.23. The van der Waals surface area contributed by atoms with Crippen molar-refractivity contribution >= 4 is 62.6 Å². The fourth-order valence-corrected chi connectivity index (χ4v) is 5.03. The van der Waals surface area contributed by atoms with Gasteiger partial charge in [0.05, 0.1) is 30.4 Å². The van der Waals surface area contributed by atoms with Crippen molar-refractivity contribution in [3.05, 3.63) is 41.1 Å². The molecular weight excluding hydrogens is 552 g/mol. The summed E-state index contributed by atoms with van der Waals surface area (Å²) in [5.74, 6) is 0.862. The molecule has 13 heteroatoms. The molecule has 0 saturated carbocycles. The molecule has 1 aromatic carbocycles. The standard InChI is InChI=1S/C17H13ClF2IN6O2P/c1-7-22-15(26-29-7)8-4-3-5-9(13(8)28-2)23-10-6-11(18)24-16-12(10)25-17(14(19)20)27(16)30-21/h3-6,14,30H,1-2H3,(H,23,24). The van der Waals surface area contributed by atoms with E-state index in [4.69, 9.17) is 20.9 Å². The first kappa shape index (κ1) is 21.1. The number of pyridine rings is 1. The molecule has 8 nitrogen and oxygen atoms in total. The van der Waals surface area contributed by atoms with Crippen LogP contribution in [-0.4, -0.2) is 31.6 Å². The van der Waals surface area contributed by atoms with Gasteiger partial charge in [-0.3, -0.25) is 4.34 Å². The molecule has 156 valence electrons. The van der Waals surface area contributed by atoms with E-state index in [0.29, 0.717) is 34.4 Å². The molecule has 0 bridgehead atoms. The van der Waals surface area contributed by atoms with E-state index in [9.17, 15) is 8.78 Å². The van der Waals surface area contributed by atoms with Gasteiger partial charge in [-0.15, -0.1) is 0 Å².